The molecule has 7 nitrogen and oxygen atoms in total. The minimum Gasteiger partial charge on any atom is -0.352 e. The Labute approximate surface area is 131 Å². The number of rotatable bonds is 4. The summed E-state index contributed by atoms with van der Waals surface area (Å²) in [5, 5.41) is 13.4. The standard InChI is InChI=1S/C12H9F3N6OS/c13-12(14,15)10-18-19-11-21(10)20-8(23-11)3-5-17-9(22)7-2-1-4-16-6-7/h1-2,4,6H,3,5H2,(H,17,22). The molecule has 0 aliphatic rings. The molecule has 11 heteroatoms. The van der Waals surface area contributed by atoms with Gasteiger partial charge in [-0.25, -0.2) is 0 Å². The van der Waals surface area contributed by atoms with E-state index in [1.807, 2.05) is 0 Å². The molecule has 3 aromatic rings. The number of halogens is 3. The Morgan fingerprint density at radius 3 is 2.87 bits per heavy atom. The fourth-order valence-electron chi connectivity index (χ4n) is 1.82. The molecule has 3 rings (SSSR count). The first-order valence-corrected chi connectivity index (χ1v) is 7.23. The van der Waals surface area contributed by atoms with Crippen LogP contribution in [0.2, 0.25) is 0 Å². The monoisotopic (exact) mass is 342 g/mol. The lowest BCUT2D eigenvalue weighted by molar-refractivity contribution is -0.146. The van der Waals surface area contributed by atoms with Crippen LogP contribution in [0.15, 0.2) is 24.5 Å². The van der Waals surface area contributed by atoms with Crippen LogP contribution in [0.1, 0.15) is 21.2 Å². The van der Waals surface area contributed by atoms with Gasteiger partial charge < -0.3 is 5.32 Å². The molecular formula is C12H9F3N6OS. The van der Waals surface area contributed by atoms with Crippen LogP contribution in [0.4, 0.5) is 13.2 Å². The van der Waals surface area contributed by atoms with Crippen molar-refractivity contribution in [1.82, 2.24) is 30.1 Å². The Morgan fingerprint density at radius 2 is 2.17 bits per heavy atom. The molecule has 0 aliphatic carbocycles. The van der Waals surface area contributed by atoms with Gasteiger partial charge in [-0.05, 0) is 12.1 Å². The number of nitrogens with one attached hydrogen (secondary N) is 1. The summed E-state index contributed by atoms with van der Waals surface area (Å²) in [5.74, 6) is -1.47. The average molecular weight is 342 g/mol. The van der Waals surface area contributed by atoms with Crippen molar-refractivity contribution in [2.75, 3.05) is 6.54 Å². The van der Waals surface area contributed by atoms with Crippen molar-refractivity contribution in [3.63, 3.8) is 0 Å². The summed E-state index contributed by atoms with van der Waals surface area (Å²) >= 11 is 0.996. The van der Waals surface area contributed by atoms with Crippen molar-refractivity contribution in [3.05, 3.63) is 40.9 Å². The minimum atomic E-state index is -4.61. The molecule has 0 bridgehead atoms. The van der Waals surface area contributed by atoms with Crippen molar-refractivity contribution in [1.29, 1.82) is 0 Å². The number of alkyl halides is 3. The van der Waals surface area contributed by atoms with Crippen LogP contribution in [-0.2, 0) is 12.6 Å². The molecule has 3 heterocycles. The highest BCUT2D eigenvalue weighted by molar-refractivity contribution is 7.16. The maximum Gasteiger partial charge on any atom is 0.453 e. The van der Waals surface area contributed by atoms with Crippen molar-refractivity contribution in [2.45, 2.75) is 12.6 Å². The molecule has 1 amide bonds. The lowest BCUT2D eigenvalue weighted by atomic mass is 10.2. The van der Waals surface area contributed by atoms with Gasteiger partial charge in [-0.2, -0.15) is 22.8 Å². The first-order valence-electron chi connectivity index (χ1n) is 6.41. The third-order valence-electron chi connectivity index (χ3n) is 2.83. The zero-order chi connectivity index (χ0) is 16.4. The van der Waals surface area contributed by atoms with Crippen molar-refractivity contribution < 1.29 is 18.0 Å². The largest absolute Gasteiger partial charge is 0.453 e. The number of hydrogen-bond donors (Lipinski definition) is 1. The molecule has 120 valence electrons. The summed E-state index contributed by atoms with van der Waals surface area (Å²) in [4.78, 5) is 15.7. The normalized spacial score (nSPS) is 11.8. The molecule has 0 aromatic carbocycles. The van der Waals surface area contributed by atoms with Crippen LogP contribution in [-0.4, -0.2) is 37.2 Å². The van der Waals surface area contributed by atoms with Crippen LogP contribution >= 0.6 is 11.3 Å². The third-order valence-corrected chi connectivity index (χ3v) is 3.79. The molecular weight excluding hydrogens is 333 g/mol. The highest BCUT2D eigenvalue weighted by Gasteiger charge is 2.38. The lowest BCUT2D eigenvalue weighted by Crippen LogP contribution is -2.25. The van der Waals surface area contributed by atoms with E-state index in [0.29, 0.717) is 15.1 Å². The second-order valence-electron chi connectivity index (χ2n) is 4.46. The molecule has 0 atom stereocenters. The Hall–Kier alpha value is -2.56. The van der Waals surface area contributed by atoms with Crippen LogP contribution in [0.5, 0.6) is 0 Å². The first kappa shape index (κ1) is 15.3. The quantitative estimate of drug-likeness (QED) is 0.778. The summed E-state index contributed by atoms with van der Waals surface area (Å²) in [6, 6.07) is 3.25. The predicted molar refractivity (Wildman–Crippen MR) is 73.9 cm³/mol. The van der Waals surface area contributed by atoms with E-state index in [1.165, 1.54) is 6.20 Å². The van der Waals surface area contributed by atoms with E-state index in [1.54, 1.807) is 18.3 Å². The Bertz CT molecular complexity index is 828. The average Bonchev–Trinajstić information content (AvgIpc) is 3.07. The fourth-order valence-corrected chi connectivity index (χ4v) is 2.65. The van der Waals surface area contributed by atoms with Crippen molar-refractivity contribution in [3.8, 4) is 0 Å². The van der Waals surface area contributed by atoms with E-state index in [9.17, 15) is 18.0 Å². The maximum atomic E-state index is 12.7. The second-order valence-corrected chi connectivity index (χ2v) is 5.50. The van der Waals surface area contributed by atoms with Crippen LogP contribution < -0.4 is 5.32 Å². The predicted octanol–water partition coefficient (Wildman–Crippen LogP) is 1.57. The molecule has 0 radical (unpaired) electrons. The minimum absolute atomic E-state index is 0.0610. The summed E-state index contributed by atoms with van der Waals surface area (Å²) in [7, 11) is 0. The molecule has 0 spiro atoms. The Kier molecular flexibility index (Phi) is 3.94. The SMILES string of the molecule is O=C(NCCc1nn2c(C(F)(F)F)nnc2s1)c1cccnc1. The number of carbonyl (C=O) groups is 1. The fraction of sp³-hybridized carbons (Fsp3) is 0.250. The number of amides is 1. The van der Waals surface area contributed by atoms with Crippen LogP contribution in [0, 0.1) is 0 Å². The van der Waals surface area contributed by atoms with E-state index in [4.69, 9.17) is 0 Å². The lowest BCUT2D eigenvalue weighted by Gasteiger charge is -2.03. The topological polar surface area (TPSA) is 85.1 Å². The van der Waals surface area contributed by atoms with E-state index >= 15 is 0 Å². The van der Waals surface area contributed by atoms with Gasteiger partial charge in [-0.15, -0.1) is 10.2 Å². The van der Waals surface area contributed by atoms with Crippen LogP contribution in [0.25, 0.3) is 4.96 Å². The van der Waals surface area contributed by atoms with Crippen molar-refractivity contribution in [2.24, 2.45) is 0 Å². The summed E-state index contributed by atoms with van der Waals surface area (Å²) in [6.45, 7) is 0.235. The summed E-state index contributed by atoms with van der Waals surface area (Å²) in [5.41, 5.74) is 0.407. The van der Waals surface area contributed by atoms with Gasteiger partial charge in [0.05, 0.1) is 5.56 Å². The van der Waals surface area contributed by atoms with Gasteiger partial charge >= 0.3 is 6.18 Å². The molecule has 0 aliphatic heterocycles. The van der Waals surface area contributed by atoms with Gasteiger partial charge in [-0.3, -0.25) is 9.78 Å². The molecule has 3 aromatic heterocycles. The van der Waals surface area contributed by atoms with Gasteiger partial charge in [0.25, 0.3) is 11.7 Å². The number of pyridine rings is 1. The number of hydrogen-bond acceptors (Lipinski definition) is 6. The molecule has 0 unspecified atom stereocenters. The maximum absolute atomic E-state index is 12.7. The van der Waals surface area contributed by atoms with E-state index < -0.39 is 12.0 Å². The number of aromatic nitrogens is 5. The van der Waals surface area contributed by atoms with E-state index in [0.717, 1.165) is 11.3 Å². The molecule has 1 N–H and O–H groups in total. The van der Waals surface area contributed by atoms with E-state index in [2.05, 4.69) is 25.6 Å². The van der Waals surface area contributed by atoms with Crippen LogP contribution in [0.3, 0.4) is 0 Å². The van der Waals surface area contributed by atoms with Gasteiger partial charge in [0.15, 0.2) is 0 Å². The highest BCUT2D eigenvalue weighted by Crippen LogP contribution is 2.28. The first-order chi connectivity index (χ1) is 10.9. The van der Waals surface area contributed by atoms with Gasteiger partial charge in [0, 0.05) is 25.4 Å². The smallest absolute Gasteiger partial charge is 0.352 e. The number of fused-ring (bicyclic) bond motifs is 1. The second kappa shape index (κ2) is 5.91. The zero-order valence-electron chi connectivity index (χ0n) is 11.4. The van der Waals surface area contributed by atoms with Crippen molar-refractivity contribution >= 4 is 22.2 Å². The van der Waals surface area contributed by atoms with Gasteiger partial charge in [-0.1, -0.05) is 11.3 Å². The molecule has 0 fully saturated rings. The molecule has 23 heavy (non-hydrogen) atoms. The van der Waals surface area contributed by atoms with Gasteiger partial charge in [0.1, 0.15) is 5.01 Å². The van der Waals surface area contributed by atoms with E-state index in [-0.39, 0.29) is 23.8 Å². The molecule has 0 saturated heterocycles. The zero-order valence-corrected chi connectivity index (χ0v) is 12.2. The molecule has 0 saturated carbocycles. The number of nitrogens with zero attached hydrogens (tertiary/aromatic N) is 5. The number of carbonyl (C=O) groups excluding carboxylic acids is 1. The third kappa shape index (κ3) is 3.28. The summed E-state index contributed by atoms with van der Waals surface area (Å²) < 4.78 is 38.7. The van der Waals surface area contributed by atoms with Gasteiger partial charge in [0.2, 0.25) is 4.96 Å². The summed E-state index contributed by atoms with van der Waals surface area (Å²) in [6.07, 6.45) is -1.35. The Balaban J connectivity index is 1.64. The highest BCUT2D eigenvalue weighted by atomic mass is 32.1. The Morgan fingerprint density at radius 1 is 1.35 bits per heavy atom.